The van der Waals surface area contributed by atoms with E-state index in [1.807, 2.05) is 0 Å². The van der Waals surface area contributed by atoms with Crippen molar-refractivity contribution in [3.05, 3.63) is 0 Å². The van der Waals surface area contributed by atoms with Crippen LogP contribution < -0.4 is 10.6 Å². The molecule has 4 N–H and O–H groups in total. The second kappa shape index (κ2) is 5.48. The number of hydrogen-bond donors (Lipinski definition) is 4. The van der Waals surface area contributed by atoms with E-state index in [0.717, 1.165) is 0 Å². The summed E-state index contributed by atoms with van der Waals surface area (Å²) in [6, 6.07) is -2.69. The maximum atomic E-state index is 11.7. The van der Waals surface area contributed by atoms with Crippen LogP contribution in [0.1, 0.15) is 6.92 Å². The molecule has 8 nitrogen and oxygen atoms in total. The zero-order valence-corrected chi connectivity index (χ0v) is 9.34. The largest absolute Gasteiger partial charge is 0.480 e. The predicted molar refractivity (Wildman–Crippen MR) is 56.2 cm³/mol. The van der Waals surface area contributed by atoms with Crippen molar-refractivity contribution in [1.29, 1.82) is 0 Å². The Morgan fingerprint density at radius 3 is 2.82 bits per heavy atom. The predicted octanol–water partition coefficient (Wildman–Crippen LogP) is -2.04. The molecule has 1 aliphatic rings. The summed E-state index contributed by atoms with van der Waals surface area (Å²) in [5, 5.41) is 22.2. The van der Waals surface area contributed by atoms with Crippen molar-refractivity contribution < 1.29 is 24.6 Å². The molecule has 1 unspecified atom stereocenters. The molecule has 1 heterocycles. The molecule has 0 bridgehead atoms. The molecule has 0 aromatic rings. The molecular formula is C9H15N3O5. The van der Waals surface area contributed by atoms with E-state index in [4.69, 9.17) is 10.2 Å². The lowest BCUT2D eigenvalue weighted by atomic mass is 10.2. The molecule has 2 atom stereocenters. The van der Waals surface area contributed by atoms with Crippen LogP contribution in [0.25, 0.3) is 0 Å². The first-order chi connectivity index (χ1) is 7.97. The minimum Gasteiger partial charge on any atom is -0.480 e. The van der Waals surface area contributed by atoms with Gasteiger partial charge in [0.2, 0.25) is 5.91 Å². The Hall–Kier alpha value is -1.83. The molecule has 1 saturated heterocycles. The van der Waals surface area contributed by atoms with Gasteiger partial charge < -0.3 is 25.7 Å². The van der Waals surface area contributed by atoms with E-state index in [1.165, 1.54) is 4.90 Å². The van der Waals surface area contributed by atoms with Gasteiger partial charge in [-0.1, -0.05) is 0 Å². The Morgan fingerprint density at radius 2 is 2.29 bits per heavy atom. The molecular weight excluding hydrogens is 230 g/mol. The average Bonchev–Trinajstić information content (AvgIpc) is 2.28. The summed E-state index contributed by atoms with van der Waals surface area (Å²) in [4.78, 5) is 34.8. The SMILES string of the molecule is CC1C(=O)NCCN1C(=O)N[C@@H](CO)C(=O)O. The molecule has 96 valence electrons. The molecule has 8 heteroatoms. The Balaban J connectivity index is 2.63. The van der Waals surface area contributed by atoms with Crippen LogP contribution in [0, 0.1) is 0 Å². The summed E-state index contributed by atoms with van der Waals surface area (Å²) in [7, 11) is 0. The van der Waals surface area contributed by atoms with Crippen molar-refractivity contribution >= 4 is 17.9 Å². The van der Waals surface area contributed by atoms with Gasteiger partial charge in [-0.25, -0.2) is 9.59 Å². The fourth-order valence-electron chi connectivity index (χ4n) is 1.48. The number of carboxylic acid groups (broad SMARTS) is 1. The number of rotatable bonds is 3. The smallest absolute Gasteiger partial charge is 0.328 e. The molecule has 17 heavy (non-hydrogen) atoms. The summed E-state index contributed by atoms with van der Waals surface area (Å²) in [6.07, 6.45) is 0. The number of hydrogen-bond acceptors (Lipinski definition) is 4. The number of aliphatic hydroxyl groups excluding tert-OH is 1. The summed E-state index contributed by atoms with van der Waals surface area (Å²) in [5.74, 6) is -1.61. The van der Waals surface area contributed by atoms with Gasteiger partial charge in [0, 0.05) is 13.1 Å². The van der Waals surface area contributed by atoms with E-state index < -0.39 is 30.7 Å². The van der Waals surface area contributed by atoms with Crippen molar-refractivity contribution in [2.75, 3.05) is 19.7 Å². The molecule has 0 radical (unpaired) electrons. The van der Waals surface area contributed by atoms with E-state index >= 15 is 0 Å². The van der Waals surface area contributed by atoms with E-state index in [1.54, 1.807) is 6.92 Å². The minimum atomic E-state index is -1.36. The van der Waals surface area contributed by atoms with Crippen LogP contribution in [0.3, 0.4) is 0 Å². The Bertz CT molecular complexity index is 333. The lowest BCUT2D eigenvalue weighted by molar-refractivity contribution is -0.140. The van der Waals surface area contributed by atoms with Gasteiger partial charge in [-0.3, -0.25) is 4.79 Å². The summed E-state index contributed by atoms with van der Waals surface area (Å²) >= 11 is 0. The molecule has 1 rings (SSSR count). The van der Waals surface area contributed by atoms with Crippen LogP contribution in [0.5, 0.6) is 0 Å². The maximum absolute atomic E-state index is 11.7. The molecule has 0 aliphatic carbocycles. The highest BCUT2D eigenvalue weighted by Gasteiger charge is 2.31. The van der Waals surface area contributed by atoms with Crippen LogP contribution in [0.15, 0.2) is 0 Å². The first-order valence-electron chi connectivity index (χ1n) is 5.16. The number of carbonyl (C=O) groups excluding carboxylic acids is 2. The molecule has 1 aliphatic heterocycles. The highest BCUT2D eigenvalue weighted by Crippen LogP contribution is 2.04. The number of nitrogens with one attached hydrogen (secondary N) is 2. The molecule has 0 aromatic heterocycles. The summed E-state index contributed by atoms with van der Waals surface area (Å²) in [5.41, 5.74) is 0. The molecule has 1 fully saturated rings. The quantitative estimate of drug-likeness (QED) is 0.457. The number of nitrogens with zero attached hydrogens (tertiary/aromatic N) is 1. The number of carbonyl (C=O) groups is 3. The van der Waals surface area contributed by atoms with Gasteiger partial charge in [-0.15, -0.1) is 0 Å². The Morgan fingerprint density at radius 1 is 1.65 bits per heavy atom. The monoisotopic (exact) mass is 245 g/mol. The zero-order valence-electron chi connectivity index (χ0n) is 9.34. The number of urea groups is 1. The zero-order chi connectivity index (χ0) is 13.0. The van der Waals surface area contributed by atoms with Crippen molar-refractivity contribution in [2.24, 2.45) is 0 Å². The van der Waals surface area contributed by atoms with Crippen molar-refractivity contribution in [3.8, 4) is 0 Å². The number of aliphatic carboxylic acids is 1. The van der Waals surface area contributed by atoms with Crippen LogP contribution >= 0.6 is 0 Å². The minimum absolute atomic E-state index is 0.290. The third-order valence-electron chi connectivity index (χ3n) is 2.54. The van der Waals surface area contributed by atoms with E-state index in [-0.39, 0.29) is 5.91 Å². The van der Waals surface area contributed by atoms with Crippen LogP contribution in [0.4, 0.5) is 4.79 Å². The van der Waals surface area contributed by atoms with Crippen LogP contribution in [-0.4, -0.2) is 64.8 Å². The van der Waals surface area contributed by atoms with Crippen molar-refractivity contribution in [3.63, 3.8) is 0 Å². The third-order valence-corrected chi connectivity index (χ3v) is 2.54. The number of piperazine rings is 1. The van der Waals surface area contributed by atoms with Crippen LogP contribution in [-0.2, 0) is 9.59 Å². The van der Waals surface area contributed by atoms with Gasteiger partial charge in [0.15, 0.2) is 6.04 Å². The second-order valence-electron chi connectivity index (χ2n) is 3.68. The van der Waals surface area contributed by atoms with Gasteiger partial charge in [-0.2, -0.15) is 0 Å². The Labute approximate surface area is 97.6 Å². The number of carboxylic acids is 1. The highest BCUT2D eigenvalue weighted by molar-refractivity contribution is 5.89. The summed E-state index contributed by atoms with van der Waals surface area (Å²) in [6.45, 7) is 1.47. The standard InChI is InChI=1S/C9H15N3O5/c1-5-7(14)10-2-3-12(5)9(17)11-6(4-13)8(15)16/h5-6,13H,2-4H2,1H3,(H,10,14)(H,11,17)(H,15,16)/t5?,6-/m0/s1. The van der Waals surface area contributed by atoms with Gasteiger partial charge in [0.05, 0.1) is 6.61 Å². The highest BCUT2D eigenvalue weighted by atomic mass is 16.4. The molecule has 3 amide bonds. The van der Waals surface area contributed by atoms with Gasteiger partial charge in [0.25, 0.3) is 0 Å². The number of aliphatic hydroxyl groups is 1. The Kier molecular flexibility index (Phi) is 4.27. The van der Waals surface area contributed by atoms with Crippen molar-refractivity contribution in [1.82, 2.24) is 15.5 Å². The fourth-order valence-corrected chi connectivity index (χ4v) is 1.48. The van der Waals surface area contributed by atoms with Crippen molar-refractivity contribution in [2.45, 2.75) is 19.0 Å². The second-order valence-corrected chi connectivity index (χ2v) is 3.68. The third kappa shape index (κ3) is 3.06. The van der Waals surface area contributed by atoms with Gasteiger partial charge in [0.1, 0.15) is 6.04 Å². The van der Waals surface area contributed by atoms with Crippen LogP contribution in [0.2, 0.25) is 0 Å². The maximum Gasteiger partial charge on any atom is 0.328 e. The first kappa shape index (κ1) is 13.2. The van der Waals surface area contributed by atoms with Gasteiger partial charge >= 0.3 is 12.0 Å². The van der Waals surface area contributed by atoms with E-state index in [2.05, 4.69) is 10.6 Å². The summed E-state index contributed by atoms with van der Waals surface area (Å²) < 4.78 is 0. The molecule has 0 spiro atoms. The molecule has 0 aromatic carbocycles. The number of amides is 3. The van der Waals surface area contributed by atoms with E-state index in [0.29, 0.717) is 13.1 Å². The lowest BCUT2D eigenvalue weighted by Crippen LogP contribution is -2.60. The first-order valence-corrected chi connectivity index (χ1v) is 5.16. The van der Waals surface area contributed by atoms with E-state index in [9.17, 15) is 14.4 Å². The normalized spacial score (nSPS) is 21.6. The topological polar surface area (TPSA) is 119 Å². The molecule has 0 saturated carbocycles. The van der Waals surface area contributed by atoms with Gasteiger partial charge in [-0.05, 0) is 6.92 Å². The lowest BCUT2D eigenvalue weighted by Gasteiger charge is -2.33. The fraction of sp³-hybridized carbons (Fsp3) is 0.667. The average molecular weight is 245 g/mol.